The second kappa shape index (κ2) is 3.85. The number of rotatable bonds is 5. The average molecular weight is 192 g/mol. The Morgan fingerprint density at radius 2 is 1.38 bits per heavy atom. The Kier molecular flexibility index (Phi) is 3.37. The van der Waals surface area contributed by atoms with Gasteiger partial charge < -0.3 is 20.4 Å². The summed E-state index contributed by atoms with van der Waals surface area (Å²) in [6, 6.07) is 0. The van der Waals surface area contributed by atoms with Crippen LogP contribution in [0, 0.1) is 0 Å². The zero-order chi connectivity index (χ0) is 10.6. The van der Waals surface area contributed by atoms with Crippen LogP contribution >= 0.6 is 0 Å². The molecule has 0 aliphatic carbocycles. The Bertz CT molecular complexity index is 229. The van der Waals surface area contributed by atoms with Crippen molar-refractivity contribution in [2.45, 2.75) is 18.4 Å². The van der Waals surface area contributed by atoms with Gasteiger partial charge in [0, 0.05) is 12.8 Å². The molecule has 0 aromatic rings. The molecular formula is C6H8O7. The predicted octanol–water partition coefficient (Wildman–Crippen LogP) is -1.25. The smallest absolute Gasteiger partial charge is 0.347 e. The van der Waals surface area contributed by atoms with Crippen LogP contribution in [-0.4, -0.2) is 43.9 Å². The highest BCUT2D eigenvalue weighted by molar-refractivity contribution is 6.01. The minimum Gasteiger partial charge on any atom is -0.481 e. The molecule has 0 aromatic heterocycles. The first kappa shape index (κ1) is 11.4. The van der Waals surface area contributed by atoms with Gasteiger partial charge in [0.15, 0.2) is 0 Å². The largest absolute Gasteiger partial charge is 0.481 e. The SMILES string of the molecule is O=C(O)CCC(O)(C(=O)O)C(=O)O. The van der Waals surface area contributed by atoms with E-state index in [0.717, 1.165) is 0 Å². The molecule has 0 fully saturated rings. The molecule has 0 amide bonds. The first-order chi connectivity index (χ1) is 5.80. The molecule has 0 saturated carbocycles. The van der Waals surface area contributed by atoms with Crippen molar-refractivity contribution in [3.63, 3.8) is 0 Å². The van der Waals surface area contributed by atoms with Gasteiger partial charge in [0.1, 0.15) is 0 Å². The van der Waals surface area contributed by atoms with Crippen LogP contribution in [0.2, 0.25) is 0 Å². The summed E-state index contributed by atoms with van der Waals surface area (Å²) in [5.74, 6) is -5.32. The van der Waals surface area contributed by atoms with Crippen molar-refractivity contribution in [3.05, 3.63) is 0 Å². The minimum absolute atomic E-state index is 0.727. The van der Waals surface area contributed by atoms with Gasteiger partial charge in [0.2, 0.25) is 0 Å². The molecule has 0 aromatic carbocycles. The number of carbonyl (C=O) groups is 3. The summed E-state index contributed by atoms with van der Waals surface area (Å²) >= 11 is 0. The van der Waals surface area contributed by atoms with E-state index in [1.165, 1.54) is 0 Å². The lowest BCUT2D eigenvalue weighted by Gasteiger charge is -2.16. The molecule has 13 heavy (non-hydrogen) atoms. The quantitative estimate of drug-likeness (QED) is 0.400. The predicted molar refractivity (Wildman–Crippen MR) is 37.1 cm³/mol. The molecule has 4 N–H and O–H groups in total. The summed E-state index contributed by atoms with van der Waals surface area (Å²) in [6.07, 6.45) is -1.60. The minimum atomic E-state index is -3.02. The lowest BCUT2D eigenvalue weighted by atomic mass is 9.98. The second-order valence-electron chi connectivity index (χ2n) is 2.36. The van der Waals surface area contributed by atoms with Gasteiger partial charge in [-0.15, -0.1) is 0 Å². The first-order valence-electron chi connectivity index (χ1n) is 3.21. The second-order valence-corrected chi connectivity index (χ2v) is 2.36. The van der Waals surface area contributed by atoms with E-state index in [9.17, 15) is 14.4 Å². The zero-order valence-corrected chi connectivity index (χ0v) is 6.43. The van der Waals surface area contributed by atoms with Crippen LogP contribution in [0.3, 0.4) is 0 Å². The molecular weight excluding hydrogens is 184 g/mol. The van der Waals surface area contributed by atoms with Crippen molar-refractivity contribution in [2.75, 3.05) is 0 Å². The molecule has 0 bridgehead atoms. The lowest BCUT2D eigenvalue weighted by molar-refractivity contribution is -0.177. The van der Waals surface area contributed by atoms with Crippen molar-refractivity contribution in [1.29, 1.82) is 0 Å². The Labute approximate surface area is 72.2 Å². The van der Waals surface area contributed by atoms with Gasteiger partial charge in [-0.25, -0.2) is 9.59 Å². The highest BCUT2D eigenvalue weighted by Gasteiger charge is 2.44. The third kappa shape index (κ3) is 2.71. The molecule has 0 rings (SSSR count). The summed E-state index contributed by atoms with van der Waals surface area (Å²) < 4.78 is 0. The van der Waals surface area contributed by atoms with Crippen LogP contribution in [0.15, 0.2) is 0 Å². The maximum Gasteiger partial charge on any atom is 0.347 e. The van der Waals surface area contributed by atoms with E-state index < -0.39 is 36.4 Å². The molecule has 0 aliphatic rings. The number of aliphatic carboxylic acids is 3. The Hall–Kier alpha value is -1.63. The standard InChI is InChI=1S/C6H8O7/c7-3(8)1-2-6(13,4(9)10)5(11)12/h13H,1-2H2,(H,7,8)(H,9,10)(H,11,12). The van der Waals surface area contributed by atoms with E-state index in [0.29, 0.717) is 0 Å². The van der Waals surface area contributed by atoms with Crippen LogP contribution in [0.1, 0.15) is 12.8 Å². The lowest BCUT2D eigenvalue weighted by Crippen LogP contribution is -2.46. The zero-order valence-electron chi connectivity index (χ0n) is 6.43. The van der Waals surface area contributed by atoms with Crippen LogP contribution in [0.25, 0.3) is 0 Å². The van der Waals surface area contributed by atoms with Gasteiger partial charge >= 0.3 is 17.9 Å². The van der Waals surface area contributed by atoms with Crippen molar-refractivity contribution < 1.29 is 34.8 Å². The Morgan fingerprint density at radius 3 is 1.62 bits per heavy atom. The fraction of sp³-hybridized carbons (Fsp3) is 0.500. The van der Waals surface area contributed by atoms with Crippen LogP contribution in [0.5, 0.6) is 0 Å². The van der Waals surface area contributed by atoms with Crippen molar-refractivity contribution in [3.8, 4) is 0 Å². The molecule has 0 aliphatic heterocycles. The van der Waals surface area contributed by atoms with E-state index in [4.69, 9.17) is 20.4 Å². The molecule has 7 nitrogen and oxygen atoms in total. The fourth-order valence-corrected chi connectivity index (χ4v) is 0.593. The summed E-state index contributed by atoms with van der Waals surface area (Å²) in [7, 11) is 0. The number of carboxylic acid groups (broad SMARTS) is 3. The molecule has 7 heteroatoms. The van der Waals surface area contributed by atoms with E-state index in [1.807, 2.05) is 0 Å². The van der Waals surface area contributed by atoms with Crippen LogP contribution < -0.4 is 0 Å². The van der Waals surface area contributed by atoms with Crippen molar-refractivity contribution in [2.24, 2.45) is 0 Å². The molecule has 0 atom stereocenters. The van der Waals surface area contributed by atoms with Gasteiger partial charge in [-0.3, -0.25) is 4.79 Å². The molecule has 0 radical (unpaired) electrons. The Balaban J connectivity index is 4.52. The third-order valence-electron chi connectivity index (χ3n) is 1.41. The Morgan fingerprint density at radius 1 is 1.00 bits per heavy atom. The third-order valence-corrected chi connectivity index (χ3v) is 1.41. The summed E-state index contributed by atoms with van der Waals surface area (Å²) in [6.45, 7) is 0. The van der Waals surface area contributed by atoms with Gasteiger partial charge in [0.05, 0.1) is 0 Å². The first-order valence-corrected chi connectivity index (χ1v) is 3.21. The fourth-order valence-electron chi connectivity index (χ4n) is 0.593. The van der Waals surface area contributed by atoms with Crippen molar-refractivity contribution in [1.82, 2.24) is 0 Å². The average Bonchev–Trinajstić information content (AvgIpc) is 1.99. The van der Waals surface area contributed by atoms with E-state index >= 15 is 0 Å². The molecule has 0 saturated heterocycles. The van der Waals surface area contributed by atoms with E-state index in [1.54, 1.807) is 0 Å². The van der Waals surface area contributed by atoms with E-state index in [2.05, 4.69) is 0 Å². The maximum absolute atomic E-state index is 10.3. The molecule has 74 valence electrons. The normalized spacial score (nSPS) is 10.8. The molecule has 0 spiro atoms. The molecule has 0 heterocycles. The highest BCUT2D eigenvalue weighted by atomic mass is 16.4. The van der Waals surface area contributed by atoms with Crippen molar-refractivity contribution >= 4 is 17.9 Å². The number of aliphatic hydroxyl groups is 1. The van der Waals surface area contributed by atoms with Gasteiger partial charge in [0.25, 0.3) is 5.60 Å². The number of hydrogen-bond acceptors (Lipinski definition) is 4. The maximum atomic E-state index is 10.3. The summed E-state index contributed by atoms with van der Waals surface area (Å²) in [5, 5.41) is 33.7. The van der Waals surface area contributed by atoms with Crippen LogP contribution in [0.4, 0.5) is 0 Å². The van der Waals surface area contributed by atoms with Gasteiger partial charge in [-0.05, 0) is 0 Å². The van der Waals surface area contributed by atoms with Crippen LogP contribution in [-0.2, 0) is 14.4 Å². The highest BCUT2D eigenvalue weighted by Crippen LogP contribution is 2.13. The van der Waals surface area contributed by atoms with Gasteiger partial charge in [-0.1, -0.05) is 0 Å². The summed E-state index contributed by atoms with van der Waals surface area (Å²) in [4.78, 5) is 30.5. The molecule has 0 unspecified atom stereocenters. The summed E-state index contributed by atoms with van der Waals surface area (Å²) in [5.41, 5.74) is -3.02. The number of hydrogen-bond donors (Lipinski definition) is 4. The van der Waals surface area contributed by atoms with E-state index in [-0.39, 0.29) is 0 Å². The topological polar surface area (TPSA) is 132 Å². The number of carboxylic acids is 3. The monoisotopic (exact) mass is 192 g/mol. The van der Waals surface area contributed by atoms with Gasteiger partial charge in [-0.2, -0.15) is 0 Å².